The number of halogens is 2. The number of aliphatic hydroxyl groups excluding tert-OH is 1. The summed E-state index contributed by atoms with van der Waals surface area (Å²) >= 11 is 3.16. The van der Waals surface area contributed by atoms with Gasteiger partial charge in [0.05, 0.1) is 4.47 Å². The molecular weight excluding hydrogens is 285 g/mol. The fourth-order valence-corrected chi connectivity index (χ4v) is 2.11. The molecule has 0 bridgehead atoms. The molecule has 96 valence electrons. The van der Waals surface area contributed by atoms with Gasteiger partial charge < -0.3 is 10.4 Å². The summed E-state index contributed by atoms with van der Waals surface area (Å²) in [7, 11) is 0. The van der Waals surface area contributed by atoms with Crippen LogP contribution in [0.5, 0.6) is 0 Å². The van der Waals surface area contributed by atoms with E-state index < -0.39 is 0 Å². The predicted molar refractivity (Wildman–Crippen MR) is 72.9 cm³/mol. The van der Waals surface area contributed by atoms with Crippen LogP contribution in [0.15, 0.2) is 16.6 Å². The molecule has 0 aromatic heterocycles. The largest absolute Gasteiger partial charge is 0.396 e. The molecule has 0 radical (unpaired) electrons. The second-order valence-corrected chi connectivity index (χ2v) is 5.00. The van der Waals surface area contributed by atoms with E-state index in [0.717, 1.165) is 43.5 Å². The van der Waals surface area contributed by atoms with Crippen LogP contribution in [0.1, 0.15) is 31.2 Å². The van der Waals surface area contributed by atoms with E-state index in [4.69, 9.17) is 5.11 Å². The second-order valence-electron chi connectivity index (χ2n) is 4.15. The molecule has 2 nitrogen and oxygen atoms in total. The van der Waals surface area contributed by atoms with Crippen molar-refractivity contribution < 1.29 is 9.50 Å². The number of rotatable bonds is 7. The molecule has 2 N–H and O–H groups in total. The third kappa shape index (κ3) is 5.04. The van der Waals surface area contributed by atoms with Crippen LogP contribution in [0, 0.1) is 12.7 Å². The molecule has 0 spiro atoms. The molecule has 0 atom stereocenters. The summed E-state index contributed by atoms with van der Waals surface area (Å²) in [6.45, 7) is 3.07. The minimum atomic E-state index is -0.238. The summed E-state index contributed by atoms with van der Waals surface area (Å²) in [5.74, 6) is -0.238. The van der Waals surface area contributed by atoms with Gasteiger partial charge in [-0.05, 0) is 53.4 Å². The first-order valence-electron chi connectivity index (χ1n) is 5.95. The maximum absolute atomic E-state index is 13.3. The molecule has 17 heavy (non-hydrogen) atoms. The summed E-state index contributed by atoms with van der Waals surface area (Å²) in [6, 6.07) is 3.30. The van der Waals surface area contributed by atoms with Crippen LogP contribution in [-0.4, -0.2) is 18.3 Å². The number of unbranched alkanes of at least 4 members (excludes halogenated alkanes) is 3. The van der Waals surface area contributed by atoms with Crippen LogP contribution in [0.3, 0.4) is 0 Å². The van der Waals surface area contributed by atoms with Gasteiger partial charge in [0.2, 0.25) is 0 Å². The highest BCUT2D eigenvalue weighted by atomic mass is 79.9. The first-order chi connectivity index (χ1) is 8.15. The van der Waals surface area contributed by atoms with Gasteiger partial charge in [0.25, 0.3) is 0 Å². The zero-order valence-electron chi connectivity index (χ0n) is 10.1. The van der Waals surface area contributed by atoms with Crippen molar-refractivity contribution in [3.05, 3.63) is 28.0 Å². The summed E-state index contributed by atoms with van der Waals surface area (Å²) < 4.78 is 13.8. The summed E-state index contributed by atoms with van der Waals surface area (Å²) in [6.07, 6.45) is 4.04. The number of hydrogen-bond acceptors (Lipinski definition) is 2. The van der Waals surface area contributed by atoms with Gasteiger partial charge in [-0.15, -0.1) is 0 Å². The molecule has 1 rings (SSSR count). The van der Waals surface area contributed by atoms with Crippen LogP contribution in [0.25, 0.3) is 0 Å². The molecule has 0 heterocycles. The number of aryl methyl sites for hydroxylation is 1. The van der Waals surface area contributed by atoms with Crippen molar-refractivity contribution in [1.82, 2.24) is 0 Å². The SMILES string of the molecule is Cc1cc(Br)c(F)cc1NCCCCCCO. The maximum Gasteiger partial charge on any atom is 0.139 e. The molecule has 0 aliphatic carbocycles. The first-order valence-corrected chi connectivity index (χ1v) is 6.75. The van der Waals surface area contributed by atoms with Crippen LogP contribution in [0.4, 0.5) is 10.1 Å². The molecule has 0 amide bonds. The topological polar surface area (TPSA) is 32.3 Å². The van der Waals surface area contributed by atoms with E-state index in [-0.39, 0.29) is 12.4 Å². The fraction of sp³-hybridized carbons (Fsp3) is 0.538. The second kappa shape index (κ2) is 7.67. The smallest absolute Gasteiger partial charge is 0.139 e. The molecule has 0 saturated heterocycles. The molecule has 0 aliphatic heterocycles. The molecule has 0 fully saturated rings. The van der Waals surface area contributed by atoms with Crippen LogP contribution in [-0.2, 0) is 0 Å². The van der Waals surface area contributed by atoms with Crippen molar-refractivity contribution in [3.8, 4) is 0 Å². The Morgan fingerprint density at radius 3 is 2.65 bits per heavy atom. The maximum atomic E-state index is 13.3. The third-order valence-corrected chi connectivity index (χ3v) is 3.28. The predicted octanol–water partition coefficient (Wildman–Crippen LogP) is 3.86. The van der Waals surface area contributed by atoms with E-state index in [2.05, 4.69) is 21.2 Å². The van der Waals surface area contributed by atoms with Crippen molar-refractivity contribution in [1.29, 1.82) is 0 Å². The van der Waals surface area contributed by atoms with Crippen LogP contribution < -0.4 is 5.32 Å². The zero-order valence-corrected chi connectivity index (χ0v) is 11.7. The molecule has 0 saturated carbocycles. The highest BCUT2D eigenvalue weighted by Crippen LogP contribution is 2.23. The summed E-state index contributed by atoms with van der Waals surface area (Å²) in [4.78, 5) is 0. The number of hydrogen-bond donors (Lipinski definition) is 2. The number of nitrogens with one attached hydrogen (secondary N) is 1. The van der Waals surface area contributed by atoms with Gasteiger partial charge in [-0.2, -0.15) is 0 Å². The average Bonchev–Trinajstić information content (AvgIpc) is 2.30. The van der Waals surface area contributed by atoms with Crippen LogP contribution in [0.2, 0.25) is 0 Å². The van der Waals surface area contributed by atoms with Crippen molar-refractivity contribution in [2.45, 2.75) is 32.6 Å². The first kappa shape index (κ1) is 14.5. The number of benzene rings is 1. The van der Waals surface area contributed by atoms with Gasteiger partial charge in [-0.3, -0.25) is 0 Å². The minimum absolute atomic E-state index is 0.238. The Labute approximate surface area is 110 Å². The molecule has 1 aromatic carbocycles. The number of aliphatic hydroxyl groups is 1. The standard InChI is InChI=1S/C13H19BrFNO/c1-10-8-11(14)12(15)9-13(10)16-6-4-2-3-5-7-17/h8-9,16-17H,2-7H2,1H3. The van der Waals surface area contributed by atoms with Gasteiger partial charge in [-0.25, -0.2) is 4.39 Å². The lowest BCUT2D eigenvalue weighted by atomic mass is 10.1. The lowest BCUT2D eigenvalue weighted by Gasteiger charge is -2.10. The van der Waals surface area contributed by atoms with Gasteiger partial charge in [0.1, 0.15) is 5.82 Å². The molecule has 0 unspecified atom stereocenters. The van der Waals surface area contributed by atoms with E-state index in [1.54, 1.807) is 6.07 Å². The fourth-order valence-electron chi connectivity index (χ4n) is 1.65. The Morgan fingerprint density at radius 1 is 1.24 bits per heavy atom. The Bertz CT molecular complexity index is 358. The van der Waals surface area contributed by atoms with Crippen molar-refractivity contribution >= 4 is 21.6 Å². The average molecular weight is 304 g/mol. The highest BCUT2D eigenvalue weighted by Gasteiger charge is 2.04. The third-order valence-electron chi connectivity index (χ3n) is 2.67. The highest BCUT2D eigenvalue weighted by molar-refractivity contribution is 9.10. The van der Waals surface area contributed by atoms with Crippen molar-refractivity contribution in [3.63, 3.8) is 0 Å². The lowest BCUT2D eigenvalue weighted by Crippen LogP contribution is -2.03. The molecular formula is C13H19BrFNO. The monoisotopic (exact) mass is 303 g/mol. The Hall–Kier alpha value is -0.610. The quantitative estimate of drug-likeness (QED) is 0.750. The van der Waals surface area contributed by atoms with Gasteiger partial charge in [0.15, 0.2) is 0 Å². The van der Waals surface area contributed by atoms with E-state index in [0.29, 0.717) is 4.47 Å². The Morgan fingerprint density at radius 2 is 1.94 bits per heavy atom. The van der Waals surface area contributed by atoms with E-state index in [1.165, 1.54) is 6.07 Å². The van der Waals surface area contributed by atoms with E-state index in [9.17, 15) is 4.39 Å². The molecule has 0 aliphatic rings. The summed E-state index contributed by atoms with van der Waals surface area (Å²) in [5, 5.41) is 11.9. The van der Waals surface area contributed by atoms with E-state index in [1.807, 2.05) is 6.92 Å². The number of anilines is 1. The van der Waals surface area contributed by atoms with Gasteiger partial charge in [0, 0.05) is 18.8 Å². The molecule has 4 heteroatoms. The van der Waals surface area contributed by atoms with Gasteiger partial charge in [-0.1, -0.05) is 12.8 Å². The zero-order chi connectivity index (χ0) is 12.7. The minimum Gasteiger partial charge on any atom is -0.396 e. The van der Waals surface area contributed by atoms with Crippen molar-refractivity contribution in [2.75, 3.05) is 18.5 Å². The molecule has 1 aromatic rings. The lowest BCUT2D eigenvalue weighted by molar-refractivity contribution is 0.283. The Kier molecular flexibility index (Phi) is 6.52. The van der Waals surface area contributed by atoms with E-state index >= 15 is 0 Å². The van der Waals surface area contributed by atoms with Gasteiger partial charge >= 0.3 is 0 Å². The Balaban J connectivity index is 2.34. The normalized spacial score (nSPS) is 10.6. The van der Waals surface area contributed by atoms with Crippen molar-refractivity contribution in [2.24, 2.45) is 0 Å². The van der Waals surface area contributed by atoms with Crippen LogP contribution >= 0.6 is 15.9 Å². The summed E-state index contributed by atoms with van der Waals surface area (Å²) in [5.41, 5.74) is 1.89.